The first-order valence-electron chi connectivity index (χ1n) is 3.96. The largest absolute Gasteiger partial charge is 0.481 e. The molecule has 14 heavy (non-hydrogen) atoms. The Bertz CT molecular complexity index is 440. The maximum absolute atomic E-state index is 4.95. The molecule has 2 aromatic rings. The first-order valence-corrected chi connectivity index (χ1v) is 3.96. The van der Waals surface area contributed by atoms with Crippen LogP contribution in [0.15, 0.2) is 16.9 Å². The minimum Gasteiger partial charge on any atom is -0.481 e. The van der Waals surface area contributed by atoms with E-state index in [9.17, 15) is 0 Å². The van der Waals surface area contributed by atoms with E-state index >= 15 is 0 Å². The molecule has 0 fully saturated rings. The summed E-state index contributed by atoms with van der Waals surface area (Å²) in [7, 11) is 1.54. The molecule has 2 rings (SSSR count). The Morgan fingerprint density at radius 1 is 1.36 bits per heavy atom. The second-order valence-electron chi connectivity index (χ2n) is 2.58. The van der Waals surface area contributed by atoms with E-state index in [1.165, 1.54) is 13.4 Å². The van der Waals surface area contributed by atoms with Crippen molar-refractivity contribution in [3.8, 4) is 17.4 Å². The van der Waals surface area contributed by atoms with Crippen LogP contribution >= 0.6 is 0 Å². The molecule has 6 nitrogen and oxygen atoms in total. The van der Waals surface area contributed by atoms with Gasteiger partial charge in [-0.3, -0.25) is 0 Å². The fraction of sp³-hybridized carbons (Fsp3) is 0.250. The number of hydrogen-bond donors (Lipinski definition) is 0. The average molecular weight is 192 g/mol. The maximum Gasteiger partial charge on any atom is 0.223 e. The van der Waals surface area contributed by atoms with Crippen molar-refractivity contribution in [2.45, 2.75) is 6.92 Å². The van der Waals surface area contributed by atoms with Gasteiger partial charge >= 0.3 is 0 Å². The smallest absolute Gasteiger partial charge is 0.223 e. The van der Waals surface area contributed by atoms with Crippen LogP contribution in [0.2, 0.25) is 0 Å². The minimum absolute atomic E-state index is 0.434. The Hall–Kier alpha value is -1.98. The standard InChI is InChI=1S/C8H8N4O2/c1-5-11-8(12-14-5)6-3-7(13-2)10-4-9-6/h3-4H,1-2H3. The van der Waals surface area contributed by atoms with Gasteiger partial charge in [-0.1, -0.05) is 5.16 Å². The Labute approximate surface area is 80.0 Å². The van der Waals surface area contributed by atoms with Crippen LogP contribution in [0.3, 0.4) is 0 Å². The molecule has 0 aromatic carbocycles. The fourth-order valence-corrected chi connectivity index (χ4v) is 0.977. The number of aromatic nitrogens is 4. The number of aryl methyl sites for hydroxylation is 1. The van der Waals surface area contributed by atoms with Crippen molar-refractivity contribution in [3.63, 3.8) is 0 Å². The highest BCUT2D eigenvalue weighted by Crippen LogP contribution is 2.15. The van der Waals surface area contributed by atoms with E-state index in [2.05, 4.69) is 20.1 Å². The van der Waals surface area contributed by atoms with Crippen LogP contribution in [0, 0.1) is 6.92 Å². The van der Waals surface area contributed by atoms with Crippen molar-refractivity contribution in [2.24, 2.45) is 0 Å². The Balaban J connectivity index is 2.41. The van der Waals surface area contributed by atoms with Gasteiger partial charge < -0.3 is 9.26 Å². The van der Waals surface area contributed by atoms with E-state index in [1.54, 1.807) is 13.0 Å². The van der Waals surface area contributed by atoms with Crippen LogP contribution in [0.5, 0.6) is 5.88 Å². The molecule has 2 heterocycles. The summed E-state index contributed by atoms with van der Waals surface area (Å²) in [6.45, 7) is 1.72. The van der Waals surface area contributed by atoms with Crippen molar-refractivity contribution in [3.05, 3.63) is 18.3 Å². The highest BCUT2D eigenvalue weighted by molar-refractivity contribution is 5.48. The van der Waals surface area contributed by atoms with Crippen LogP contribution in [-0.4, -0.2) is 27.2 Å². The predicted octanol–water partition coefficient (Wildman–Crippen LogP) is 0.844. The number of ether oxygens (including phenoxy) is 1. The summed E-state index contributed by atoms with van der Waals surface area (Å²) in [6, 6.07) is 1.64. The van der Waals surface area contributed by atoms with Gasteiger partial charge in [-0.25, -0.2) is 9.97 Å². The van der Waals surface area contributed by atoms with Gasteiger partial charge in [-0.15, -0.1) is 0 Å². The van der Waals surface area contributed by atoms with Crippen molar-refractivity contribution in [2.75, 3.05) is 7.11 Å². The predicted molar refractivity (Wildman–Crippen MR) is 46.6 cm³/mol. The Morgan fingerprint density at radius 2 is 2.21 bits per heavy atom. The molecule has 0 aliphatic carbocycles. The second kappa shape index (κ2) is 3.41. The van der Waals surface area contributed by atoms with Gasteiger partial charge in [-0.05, 0) is 0 Å². The van der Waals surface area contributed by atoms with Crippen molar-refractivity contribution < 1.29 is 9.26 Å². The van der Waals surface area contributed by atoms with Crippen LogP contribution in [0.1, 0.15) is 5.89 Å². The molecular formula is C8H8N4O2. The molecule has 6 heteroatoms. The lowest BCUT2D eigenvalue weighted by molar-refractivity contribution is 0.393. The van der Waals surface area contributed by atoms with E-state index < -0.39 is 0 Å². The van der Waals surface area contributed by atoms with Gasteiger partial charge in [0.2, 0.25) is 17.6 Å². The highest BCUT2D eigenvalue weighted by Gasteiger charge is 2.08. The first-order chi connectivity index (χ1) is 6.79. The molecule has 0 amide bonds. The molecule has 0 atom stereocenters. The quantitative estimate of drug-likeness (QED) is 0.702. The summed E-state index contributed by atoms with van der Waals surface area (Å²) in [5.41, 5.74) is 0.578. The number of rotatable bonds is 2. The van der Waals surface area contributed by atoms with Gasteiger partial charge in [0.15, 0.2) is 0 Å². The third kappa shape index (κ3) is 1.54. The molecular weight excluding hydrogens is 184 g/mol. The normalized spacial score (nSPS) is 10.1. The third-order valence-corrected chi connectivity index (χ3v) is 1.61. The van der Waals surface area contributed by atoms with E-state index in [1.807, 2.05) is 0 Å². The summed E-state index contributed by atoms with van der Waals surface area (Å²) < 4.78 is 9.78. The van der Waals surface area contributed by atoms with Gasteiger partial charge in [0.05, 0.1) is 7.11 Å². The zero-order chi connectivity index (χ0) is 9.97. The molecule has 0 aliphatic rings. The lowest BCUT2D eigenvalue weighted by Crippen LogP contribution is -1.91. The summed E-state index contributed by atoms with van der Waals surface area (Å²) in [5, 5.41) is 3.73. The lowest BCUT2D eigenvalue weighted by Gasteiger charge is -1.97. The van der Waals surface area contributed by atoms with Crippen LogP contribution in [-0.2, 0) is 0 Å². The maximum atomic E-state index is 4.95. The molecule has 0 saturated heterocycles. The molecule has 0 saturated carbocycles. The molecule has 0 unspecified atom stereocenters. The summed E-state index contributed by atoms with van der Waals surface area (Å²) >= 11 is 0. The lowest BCUT2D eigenvalue weighted by atomic mass is 10.4. The Kier molecular flexibility index (Phi) is 2.10. The fourth-order valence-electron chi connectivity index (χ4n) is 0.977. The summed E-state index contributed by atoms with van der Waals surface area (Å²) in [4.78, 5) is 11.9. The van der Waals surface area contributed by atoms with E-state index in [4.69, 9.17) is 9.26 Å². The molecule has 0 radical (unpaired) electrons. The third-order valence-electron chi connectivity index (χ3n) is 1.61. The molecule has 0 bridgehead atoms. The molecule has 2 aromatic heterocycles. The molecule has 0 spiro atoms. The first kappa shape index (κ1) is 8.61. The molecule has 72 valence electrons. The van der Waals surface area contributed by atoms with Gasteiger partial charge in [-0.2, -0.15) is 4.98 Å². The zero-order valence-electron chi connectivity index (χ0n) is 7.76. The summed E-state index contributed by atoms with van der Waals surface area (Å²) in [6.07, 6.45) is 1.39. The van der Waals surface area contributed by atoms with Gasteiger partial charge in [0.1, 0.15) is 12.0 Å². The van der Waals surface area contributed by atoms with Crippen LogP contribution in [0.25, 0.3) is 11.5 Å². The average Bonchev–Trinajstić information content (AvgIpc) is 2.65. The van der Waals surface area contributed by atoms with Crippen molar-refractivity contribution in [1.82, 2.24) is 20.1 Å². The van der Waals surface area contributed by atoms with Crippen molar-refractivity contribution in [1.29, 1.82) is 0 Å². The minimum atomic E-state index is 0.434. The van der Waals surface area contributed by atoms with Gasteiger partial charge in [0, 0.05) is 13.0 Å². The van der Waals surface area contributed by atoms with E-state index in [0.29, 0.717) is 23.3 Å². The van der Waals surface area contributed by atoms with Gasteiger partial charge in [0.25, 0.3) is 0 Å². The Morgan fingerprint density at radius 3 is 2.86 bits per heavy atom. The van der Waals surface area contributed by atoms with E-state index in [-0.39, 0.29) is 0 Å². The zero-order valence-corrected chi connectivity index (χ0v) is 7.76. The van der Waals surface area contributed by atoms with Crippen LogP contribution < -0.4 is 4.74 Å². The SMILES string of the molecule is COc1cc(-c2noc(C)n2)ncn1. The second-order valence-corrected chi connectivity index (χ2v) is 2.58. The van der Waals surface area contributed by atoms with Crippen molar-refractivity contribution >= 4 is 0 Å². The monoisotopic (exact) mass is 192 g/mol. The number of nitrogens with zero attached hydrogens (tertiary/aromatic N) is 4. The number of hydrogen-bond acceptors (Lipinski definition) is 6. The highest BCUT2D eigenvalue weighted by atomic mass is 16.5. The topological polar surface area (TPSA) is 73.9 Å². The molecule has 0 N–H and O–H groups in total. The van der Waals surface area contributed by atoms with Crippen LogP contribution in [0.4, 0.5) is 0 Å². The summed E-state index contributed by atoms with van der Waals surface area (Å²) in [5.74, 6) is 1.40. The molecule has 0 aliphatic heterocycles. The number of methoxy groups -OCH3 is 1. The van der Waals surface area contributed by atoms with E-state index in [0.717, 1.165) is 0 Å².